The van der Waals surface area contributed by atoms with Crippen molar-refractivity contribution in [2.75, 3.05) is 25.2 Å². The number of carbonyl (C=O) groups is 1. The van der Waals surface area contributed by atoms with Gasteiger partial charge < -0.3 is 4.90 Å². The Labute approximate surface area is 76.9 Å². The highest BCUT2D eigenvalue weighted by molar-refractivity contribution is 7.98. The van der Waals surface area contributed by atoms with Crippen molar-refractivity contribution in [3.63, 3.8) is 0 Å². The predicted octanol–water partition coefficient (Wildman–Crippen LogP) is 0.271. The lowest BCUT2D eigenvalue weighted by atomic mass is 10.3. The van der Waals surface area contributed by atoms with Gasteiger partial charge in [-0.2, -0.15) is 11.8 Å². The standard InChI is InChI=1S/C8H14N2OS/c1-12-5-4-10-6-9-8(2-3-8)7(10)11/h9H,2-6H2,1H3. The van der Waals surface area contributed by atoms with Gasteiger partial charge in [0.05, 0.1) is 12.2 Å². The van der Waals surface area contributed by atoms with Crippen LogP contribution >= 0.6 is 11.8 Å². The number of nitrogens with zero attached hydrogens (tertiary/aromatic N) is 1. The lowest BCUT2D eigenvalue weighted by Crippen LogP contribution is -2.33. The lowest BCUT2D eigenvalue weighted by Gasteiger charge is -2.13. The third-order valence-electron chi connectivity index (χ3n) is 2.62. The summed E-state index contributed by atoms with van der Waals surface area (Å²) >= 11 is 1.79. The summed E-state index contributed by atoms with van der Waals surface area (Å²) in [5, 5.41) is 3.28. The van der Waals surface area contributed by atoms with Crippen LogP contribution < -0.4 is 5.32 Å². The first-order valence-electron chi connectivity index (χ1n) is 4.32. The molecular weight excluding hydrogens is 172 g/mol. The Kier molecular flexibility index (Phi) is 2.04. The molecule has 4 heteroatoms. The Morgan fingerprint density at radius 3 is 2.92 bits per heavy atom. The van der Waals surface area contributed by atoms with Gasteiger partial charge in [-0.1, -0.05) is 0 Å². The highest BCUT2D eigenvalue weighted by atomic mass is 32.2. The van der Waals surface area contributed by atoms with E-state index < -0.39 is 0 Å². The summed E-state index contributed by atoms with van der Waals surface area (Å²) in [7, 11) is 0. The van der Waals surface area contributed by atoms with E-state index in [2.05, 4.69) is 11.6 Å². The van der Waals surface area contributed by atoms with Crippen molar-refractivity contribution >= 4 is 17.7 Å². The Hall–Kier alpha value is -0.220. The minimum absolute atomic E-state index is 0.0988. The van der Waals surface area contributed by atoms with Gasteiger partial charge in [-0.05, 0) is 19.1 Å². The summed E-state index contributed by atoms with van der Waals surface area (Å²) in [5.41, 5.74) is -0.0988. The molecule has 1 amide bonds. The van der Waals surface area contributed by atoms with Gasteiger partial charge in [0.15, 0.2) is 0 Å². The van der Waals surface area contributed by atoms with E-state index in [1.807, 2.05) is 4.90 Å². The van der Waals surface area contributed by atoms with Crippen LogP contribution in [0.3, 0.4) is 0 Å². The summed E-state index contributed by atoms with van der Waals surface area (Å²) in [6.45, 7) is 1.66. The zero-order valence-electron chi connectivity index (χ0n) is 7.30. The fourth-order valence-electron chi connectivity index (χ4n) is 1.59. The number of hydrogen-bond acceptors (Lipinski definition) is 3. The first-order valence-corrected chi connectivity index (χ1v) is 5.71. The molecule has 0 aromatic rings. The number of hydrogen-bond donors (Lipinski definition) is 1. The number of thioether (sulfide) groups is 1. The molecule has 0 radical (unpaired) electrons. The van der Waals surface area contributed by atoms with E-state index in [4.69, 9.17) is 0 Å². The van der Waals surface area contributed by atoms with E-state index >= 15 is 0 Å². The molecule has 0 bridgehead atoms. The summed E-state index contributed by atoms with van der Waals surface area (Å²) in [5.74, 6) is 1.38. The van der Waals surface area contributed by atoms with Crippen molar-refractivity contribution in [3.05, 3.63) is 0 Å². The summed E-state index contributed by atoms with van der Waals surface area (Å²) in [6.07, 6.45) is 4.16. The predicted molar refractivity (Wildman–Crippen MR) is 50.1 cm³/mol. The smallest absolute Gasteiger partial charge is 0.243 e. The molecule has 2 fully saturated rings. The molecule has 12 heavy (non-hydrogen) atoms. The molecule has 1 aliphatic carbocycles. The van der Waals surface area contributed by atoms with E-state index in [-0.39, 0.29) is 5.54 Å². The Balaban J connectivity index is 1.89. The van der Waals surface area contributed by atoms with E-state index in [9.17, 15) is 4.79 Å². The summed E-state index contributed by atoms with van der Waals surface area (Å²) < 4.78 is 0. The molecule has 3 nitrogen and oxygen atoms in total. The zero-order chi connectivity index (χ0) is 8.60. The van der Waals surface area contributed by atoms with Crippen LogP contribution in [-0.2, 0) is 4.79 Å². The highest BCUT2D eigenvalue weighted by Crippen LogP contribution is 2.39. The molecule has 1 saturated carbocycles. The largest absolute Gasteiger partial charge is 0.327 e. The van der Waals surface area contributed by atoms with Gasteiger partial charge in [-0.3, -0.25) is 10.1 Å². The quantitative estimate of drug-likeness (QED) is 0.686. The highest BCUT2D eigenvalue weighted by Gasteiger charge is 2.55. The first kappa shape index (κ1) is 8.38. The molecule has 1 saturated heterocycles. The fraction of sp³-hybridized carbons (Fsp3) is 0.875. The molecule has 1 heterocycles. The van der Waals surface area contributed by atoms with Gasteiger partial charge in [0, 0.05) is 12.3 Å². The number of rotatable bonds is 3. The molecule has 0 aromatic heterocycles. The average Bonchev–Trinajstić information content (AvgIpc) is 2.78. The van der Waals surface area contributed by atoms with Crippen molar-refractivity contribution in [3.8, 4) is 0 Å². The molecule has 0 unspecified atom stereocenters. The summed E-state index contributed by atoms with van der Waals surface area (Å²) in [4.78, 5) is 13.6. The third kappa shape index (κ3) is 1.23. The number of amides is 1. The average molecular weight is 186 g/mol. The molecule has 68 valence electrons. The Morgan fingerprint density at radius 2 is 2.42 bits per heavy atom. The Bertz CT molecular complexity index is 203. The maximum atomic E-state index is 11.6. The molecule has 1 aliphatic heterocycles. The van der Waals surface area contributed by atoms with Crippen LogP contribution in [0.15, 0.2) is 0 Å². The molecule has 0 atom stereocenters. The lowest BCUT2D eigenvalue weighted by molar-refractivity contribution is -0.129. The van der Waals surface area contributed by atoms with Crippen molar-refractivity contribution in [2.24, 2.45) is 0 Å². The van der Waals surface area contributed by atoms with Gasteiger partial charge >= 0.3 is 0 Å². The van der Waals surface area contributed by atoms with Crippen LogP contribution in [0.5, 0.6) is 0 Å². The molecule has 1 spiro atoms. The normalized spacial score (nSPS) is 25.4. The number of carbonyl (C=O) groups excluding carboxylic acids is 1. The van der Waals surface area contributed by atoms with Gasteiger partial charge in [0.1, 0.15) is 0 Å². The molecule has 2 rings (SSSR count). The van der Waals surface area contributed by atoms with E-state index in [1.165, 1.54) is 0 Å². The minimum atomic E-state index is -0.0988. The molecule has 1 N–H and O–H groups in total. The first-order chi connectivity index (χ1) is 5.78. The second-order valence-corrected chi connectivity index (χ2v) is 4.46. The van der Waals surface area contributed by atoms with Crippen LogP contribution in [0, 0.1) is 0 Å². The zero-order valence-corrected chi connectivity index (χ0v) is 8.12. The molecular formula is C8H14N2OS. The van der Waals surface area contributed by atoms with Crippen LogP contribution in [0.25, 0.3) is 0 Å². The van der Waals surface area contributed by atoms with Crippen LogP contribution in [-0.4, -0.2) is 41.6 Å². The van der Waals surface area contributed by atoms with Crippen LogP contribution in [0.4, 0.5) is 0 Å². The van der Waals surface area contributed by atoms with Crippen molar-refractivity contribution in [2.45, 2.75) is 18.4 Å². The Morgan fingerprint density at radius 1 is 1.67 bits per heavy atom. The number of nitrogens with one attached hydrogen (secondary N) is 1. The van der Waals surface area contributed by atoms with Gasteiger partial charge in [-0.25, -0.2) is 0 Å². The molecule has 2 aliphatic rings. The SMILES string of the molecule is CSCCN1CNC2(CC2)C1=O. The topological polar surface area (TPSA) is 32.3 Å². The molecule has 0 aromatic carbocycles. The van der Waals surface area contributed by atoms with Crippen molar-refractivity contribution in [1.82, 2.24) is 10.2 Å². The summed E-state index contributed by atoms with van der Waals surface area (Å²) in [6, 6.07) is 0. The van der Waals surface area contributed by atoms with Gasteiger partial charge in [0.25, 0.3) is 0 Å². The van der Waals surface area contributed by atoms with Crippen LogP contribution in [0.1, 0.15) is 12.8 Å². The van der Waals surface area contributed by atoms with E-state index in [0.29, 0.717) is 5.91 Å². The van der Waals surface area contributed by atoms with Crippen molar-refractivity contribution in [1.29, 1.82) is 0 Å². The van der Waals surface area contributed by atoms with Gasteiger partial charge in [0.2, 0.25) is 5.91 Å². The maximum Gasteiger partial charge on any atom is 0.243 e. The third-order valence-corrected chi connectivity index (χ3v) is 3.21. The maximum absolute atomic E-state index is 11.6. The van der Waals surface area contributed by atoms with Crippen LogP contribution in [0.2, 0.25) is 0 Å². The monoisotopic (exact) mass is 186 g/mol. The van der Waals surface area contributed by atoms with Gasteiger partial charge in [-0.15, -0.1) is 0 Å². The minimum Gasteiger partial charge on any atom is -0.327 e. The second kappa shape index (κ2) is 2.92. The van der Waals surface area contributed by atoms with E-state index in [1.54, 1.807) is 11.8 Å². The fourth-order valence-corrected chi connectivity index (χ4v) is 2.00. The second-order valence-electron chi connectivity index (χ2n) is 3.48. The van der Waals surface area contributed by atoms with Crippen molar-refractivity contribution < 1.29 is 4.79 Å². The van der Waals surface area contributed by atoms with E-state index in [0.717, 1.165) is 31.8 Å².